The number of aromatic nitrogens is 2. The number of hydrogen-bond acceptors (Lipinski definition) is 1. The molecule has 0 spiro atoms. The summed E-state index contributed by atoms with van der Waals surface area (Å²) < 4.78 is 26.9. The first-order valence-electron chi connectivity index (χ1n) is 6.07. The molecule has 0 aliphatic carbocycles. The van der Waals surface area contributed by atoms with Gasteiger partial charge in [-0.2, -0.15) is 0 Å². The summed E-state index contributed by atoms with van der Waals surface area (Å²) >= 11 is 0. The van der Waals surface area contributed by atoms with E-state index in [0.29, 0.717) is 11.4 Å². The van der Waals surface area contributed by atoms with Gasteiger partial charge >= 0.3 is 7.40 Å². The van der Waals surface area contributed by atoms with E-state index in [1.54, 1.807) is 18.3 Å². The topological polar surface area (TPSA) is 33.1 Å². The molecule has 100 valence electrons. The average Bonchev–Trinajstić information content (AvgIpc) is 2.96. The molecule has 2 heterocycles. The normalized spacial score (nSPS) is 12.8. The Kier molecular flexibility index (Phi) is 3.60. The van der Waals surface area contributed by atoms with Gasteiger partial charge in [0.25, 0.3) is 0 Å². The van der Waals surface area contributed by atoms with E-state index in [9.17, 15) is 8.63 Å². The van der Waals surface area contributed by atoms with E-state index >= 15 is 0 Å². The Labute approximate surface area is 111 Å². The van der Waals surface area contributed by atoms with Crippen LogP contribution in [0.25, 0.3) is 0 Å². The van der Waals surface area contributed by atoms with Crippen molar-refractivity contribution in [3.8, 4) is 0 Å². The summed E-state index contributed by atoms with van der Waals surface area (Å²) in [5.74, 6) is 0. The summed E-state index contributed by atoms with van der Waals surface area (Å²) in [6.07, 6.45) is 3.12. The average molecular weight is 263 g/mol. The zero-order valence-corrected chi connectivity index (χ0v) is 11.2. The number of rotatable bonds is 3. The highest BCUT2D eigenvalue weighted by atomic mass is 19.2. The molecule has 0 fully saturated rings. The van der Waals surface area contributed by atoms with Gasteiger partial charge in [0.1, 0.15) is 5.71 Å². The molecule has 0 saturated heterocycles. The molecule has 0 amide bonds. The summed E-state index contributed by atoms with van der Waals surface area (Å²) in [6.45, 7) is 5.81. The van der Waals surface area contributed by atoms with Crippen LogP contribution >= 0.6 is 0 Å². The first-order valence-corrected chi connectivity index (χ1v) is 6.07. The molecule has 0 radical (unpaired) electrons. The van der Waals surface area contributed by atoms with Gasteiger partial charge in [0.2, 0.25) is 0 Å². The van der Waals surface area contributed by atoms with Gasteiger partial charge in [-0.3, -0.25) is 13.6 Å². The van der Waals surface area contributed by atoms with Crippen molar-refractivity contribution in [3.05, 3.63) is 48.0 Å². The number of nitrogens with zero attached hydrogens (tertiary/aromatic N) is 2. The molecule has 2 aromatic rings. The minimum absolute atomic E-state index is 0.350. The standard InChI is InChI=1S/C13H16BF2N3/c1-13(2,3)18-12(10-6-4-8-17-10)11-7-5-9-19(11)14(15)16/h4-9,17H,1-3H3. The van der Waals surface area contributed by atoms with Crippen LogP contribution in [0.5, 0.6) is 0 Å². The van der Waals surface area contributed by atoms with Crippen LogP contribution in [-0.2, 0) is 0 Å². The first kappa shape index (κ1) is 13.6. The summed E-state index contributed by atoms with van der Waals surface area (Å²) in [6, 6.07) is 6.90. The summed E-state index contributed by atoms with van der Waals surface area (Å²) in [5.41, 5.74) is 1.34. The maximum Gasteiger partial charge on any atom is 0.677 e. The number of hydrogen-bond donors (Lipinski definition) is 1. The lowest BCUT2D eigenvalue weighted by Gasteiger charge is -2.16. The van der Waals surface area contributed by atoms with Crippen molar-refractivity contribution in [3.63, 3.8) is 0 Å². The number of nitrogens with one attached hydrogen (secondary N) is 1. The van der Waals surface area contributed by atoms with E-state index in [0.717, 1.165) is 10.2 Å². The predicted molar refractivity (Wildman–Crippen MR) is 74.0 cm³/mol. The van der Waals surface area contributed by atoms with Crippen LogP contribution in [0, 0.1) is 0 Å². The fourth-order valence-corrected chi connectivity index (χ4v) is 1.83. The molecule has 0 saturated carbocycles. The second-order valence-electron chi connectivity index (χ2n) is 5.29. The summed E-state index contributed by atoms with van der Waals surface area (Å²) in [7, 11) is -2.58. The van der Waals surface area contributed by atoms with Gasteiger partial charge < -0.3 is 9.46 Å². The summed E-state index contributed by atoms with van der Waals surface area (Å²) in [5, 5.41) is 0. The van der Waals surface area contributed by atoms with E-state index in [2.05, 4.69) is 9.98 Å². The molecule has 1 N–H and O–H groups in total. The van der Waals surface area contributed by atoms with Gasteiger partial charge in [0, 0.05) is 6.20 Å². The van der Waals surface area contributed by atoms with Gasteiger partial charge in [-0.05, 0) is 51.2 Å². The van der Waals surface area contributed by atoms with Crippen LogP contribution in [0.4, 0.5) is 8.63 Å². The molecule has 2 aromatic heterocycles. The summed E-state index contributed by atoms with van der Waals surface area (Å²) in [4.78, 5) is 7.59. The Balaban J connectivity index is 2.56. The van der Waals surface area contributed by atoms with E-state index in [1.807, 2.05) is 32.9 Å². The molecule has 0 atom stereocenters. The van der Waals surface area contributed by atoms with Gasteiger partial charge in [-0.25, -0.2) is 0 Å². The quantitative estimate of drug-likeness (QED) is 0.651. The zero-order valence-electron chi connectivity index (χ0n) is 11.2. The Morgan fingerprint density at radius 1 is 1.26 bits per heavy atom. The highest BCUT2D eigenvalue weighted by Gasteiger charge is 2.24. The van der Waals surface area contributed by atoms with Gasteiger partial charge in [0.15, 0.2) is 0 Å². The first-order chi connectivity index (χ1) is 8.88. The molecule has 19 heavy (non-hydrogen) atoms. The number of aliphatic imine (C=N–C) groups is 1. The smallest absolute Gasteiger partial charge is 0.360 e. The Hall–Kier alpha value is -1.85. The zero-order chi connectivity index (χ0) is 14.0. The lowest BCUT2D eigenvalue weighted by molar-refractivity contribution is 0.583. The third-order valence-electron chi connectivity index (χ3n) is 2.53. The van der Waals surface area contributed by atoms with Crippen molar-refractivity contribution in [2.75, 3.05) is 0 Å². The van der Waals surface area contributed by atoms with Crippen molar-refractivity contribution >= 4 is 13.1 Å². The molecule has 0 aliphatic heterocycles. The molecule has 6 heteroatoms. The largest absolute Gasteiger partial charge is 0.677 e. The third kappa shape index (κ3) is 3.13. The van der Waals surface area contributed by atoms with E-state index in [4.69, 9.17) is 0 Å². The van der Waals surface area contributed by atoms with E-state index in [1.165, 1.54) is 6.20 Å². The third-order valence-corrected chi connectivity index (χ3v) is 2.53. The Bertz CT molecular complexity index is 565. The number of aromatic amines is 1. The minimum atomic E-state index is -2.58. The molecular weight excluding hydrogens is 247 g/mol. The molecule has 2 rings (SSSR count). The molecular formula is C13H16BF2N3. The van der Waals surface area contributed by atoms with Crippen LogP contribution in [0.1, 0.15) is 32.2 Å². The maximum absolute atomic E-state index is 13.0. The van der Waals surface area contributed by atoms with Crippen LogP contribution < -0.4 is 0 Å². The maximum atomic E-state index is 13.0. The lowest BCUT2D eigenvalue weighted by Crippen LogP contribution is -2.22. The van der Waals surface area contributed by atoms with E-state index < -0.39 is 7.40 Å². The second kappa shape index (κ2) is 5.03. The van der Waals surface area contributed by atoms with Crippen molar-refractivity contribution in [1.82, 2.24) is 9.46 Å². The highest BCUT2D eigenvalue weighted by Crippen LogP contribution is 2.17. The van der Waals surface area contributed by atoms with Crippen LogP contribution in [-0.4, -0.2) is 28.1 Å². The Morgan fingerprint density at radius 3 is 2.53 bits per heavy atom. The number of halogens is 2. The second-order valence-corrected chi connectivity index (χ2v) is 5.29. The highest BCUT2D eigenvalue weighted by molar-refractivity contribution is 6.42. The van der Waals surface area contributed by atoms with Crippen molar-refractivity contribution < 1.29 is 8.63 Å². The van der Waals surface area contributed by atoms with Crippen molar-refractivity contribution in [2.24, 2.45) is 4.99 Å². The van der Waals surface area contributed by atoms with Crippen molar-refractivity contribution in [2.45, 2.75) is 26.3 Å². The lowest BCUT2D eigenvalue weighted by atomic mass is 10.1. The Morgan fingerprint density at radius 2 is 2.00 bits per heavy atom. The SMILES string of the molecule is CC(C)(C)N=C(c1ccc[nH]1)c1cccn1B(F)F. The van der Waals surface area contributed by atoms with E-state index in [-0.39, 0.29) is 5.54 Å². The predicted octanol–water partition coefficient (Wildman–Crippen LogP) is 3.22. The fraction of sp³-hybridized carbons (Fsp3) is 0.308. The van der Waals surface area contributed by atoms with Gasteiger partial charge in [-0.15, -0.1) is 0 Å². The van der Waals surface area contributed by atoms with Crippen molar-refractivity contribution in [1.29, 1.82) is 0 Å². The monoisotopic (exact) mass is 263 g/mol. The minimum Gasteiger partial charge on any atom is -0.360 e. The number of H-pyrrole nitrogens is 1. The van der Waals surface area contributed by atoms with Crippen LogP contribution in [0.2, 0.25) is 0 Å². The fourth-order valence-electron chi connectivity index (χ4n) is 1.83. The molecule has 0 aromatic carbocycles. The molecule has 0 aliphatic rings. The van der Waals surface area contributed by atoms with Gasteiger partial charge in [-0.1, -0.05) is 0 Å². The molecule has 0 unspecified atom stereocenters. The molecule has 3 nitrogen and oxygen atoms in total. The van der Waals surface area contributed by atoms with Gasteiger partial charge in [0.05, 0.1) is 16.9 Å². The van der Waals surface area contributed by atoms with Crippen LogP contribution in [0.3, 0.4) is 0 Å². The molecule has 0 bridgehead atoms. The van der Waals surface area contributed by atoms with Crippen LogP contribution in [0.15, 0.2) is 41.7 Å².